The molecule has 0 aliphatic carbocycles. The monoisotopic (exact) mass is 235 g/mol. The van der Waals surface area contributed by atoms with Crippen molar-refractivity contribution in [2.24, 2.45) is 7.05 Å². The summed E-state index contributed by atoms with van der Waals surface area (Å²) in [6.07, 6.45) is -0.718. The lowest BCUT2D eigenvalue weighted by Crippen LogP contribution is -2.29. The number of rotatable bonds is 5. The van der Waals surface area contributed by atoms with Gasteiger partial charge in [-0.15, -0.1) is 0 Å². The number of aliphatic hydroxyl groups excluding tert-OH is 2. The summed E-state index contributed by atoms with van der Waals surface area (Å²) < 4.78 is 2.02. The van der Waals surface area contributed by atoms with Crippen LogP contribution in [0.15, 0.2) is 24.3 Å². The van der Waals surface area contributed by atoms with Crippen LogP contribution in [0.2, 0.25) is 0 Å². The topological polar surface area (TPSA) is 70.3 Å². The molecule has 5 nitrogen and oxygen atoms in total. The van der Waals surface area contributed by atoms with Gasteiger partial charge in [0.25, 0.3) is 0 Å². The molecule has 1 heterocycles. The first kappa shape index (κ1) is 12.0. The second-order valence-corrected chi connectivity index (χ2v) is 4.04. The van der Waals surface area contributed by atoms with Gasteiger partial charge < -0.3 is 20.1 Å². The third kappa shape index (κ3) is 2.63. The molecule has 0 aliphatic rings. The second-order valence-electron chi connectivity index (χ2n) is 4.04. The standard InChI is InChI=1S/C12H17N3O2/c1-15-11-5-3-2-4-10(11)14-12(15)7-13-6-9(17)8-16/h2-5,9,13,16-17H,6-8H2,1H3. The molecule has 0 saturated carbocycles. The Kier molecular flexibility index (Phi) is 3.73. The molecular formula is C12H17N3O2. The van der Waals surface area contributed by atoms with Crippen LogP contribution in [-0.2, 0) is 13.6 Å². The lowest BCUT2D eigenvalue weighted by molar-refractivity contribution is 0.0940. The van der Waals surface area contributed by atoms with Crippen LogP contribution in [0.5, 0.6) is 0 Å². The van der Waals surface area contributed by atoms with Crippen LogP contribution in [-0.4, -0.2) is 39.0 Å². The molecule has 1 atom stereocenters. The Morgan fingerprint density at radius 1 is 1.41 bits per heavy atom. The highest BCUT2D eigenvalue weighted by Crippen LogP contribution is 2.13. The van der Waals surface area contributed by atoms with Crippen LogP contribution in [0.3, 0.4) is 0 Å². The number of hydrogen-bond donors (Lipinski definition) is 3. The summed E-state index contributed by atoms with van der Waals surface area (Å²) in [5.74, 6) is 0.913. The number of benzene rings is 1. The third-order valence-electron chi connectivity index (χ3n) is 2.75. The predicted molar refractivity (Wildman–Crippen MR) is 65.5 cm³/mol. The molecule has 0 amide bonds. The Morgan fingerprint density at radius 3 is 2.88 bits per heavy atom. The average Bonchev–Trinajstić information content (AvgIpc) is 2.67. The second kappa shape index (κ2) is 5.27. The van der Waals surface area contributed by atoms with Crippen molar-refractivity contribution in [3.8, 4) is 0 Å². The summed E-state index contributed by atoms with van der Waals surface area (Å²) in [5.41, 5.74) is 2.06. The number of aromatic nitrogens is 2. The maximum Gasteiger partial charge on any atom is 0.123 e. The summed E-state index contributed by atoms with van der Waals surface area (Å²) in [6, 6.07) is 7.94. The van der Waals surface area contributed by atoms with E-state index >= 15 is 0 Å². The van der Waals surface area contributed by atoms with E-state index in [2.05, 4.69) is 10.3 Å². The van der Waals surface area contributed by atoms with Gasteiger partial charge in [-0.2, -0.15) is 0 Å². The summed E-state index contributed by atoms with van der Waals surface area (Å²) in [5, 5.41) is 21.0. The van der Waals surface area contributed by atoms with E-state index in [-0.39, 0.29) is 6.61 Å². The van der Waals surface area contributed by atoms with Crippen LogP contribution in [0, 0.1) is 0 Å². The fourth-order valence-electron chi connectivity index (χ4n) is 1.77. The molecule has 1 unspecified atom stereocenters. The van der Waals surface area contributed by atoms with Gasteiger partial charge in [-0.1, -0.05) is 12.1 Å². The summed E-state index contributed by atoms with van der Waals surface area (Å²) in [7, 11) is 1.97. The molecule has 17 heavy (non-hydrogen) atoms. The Hall–Kier alpha value is -1.43. The van der Waals surface area contributed by atoms with Gasteiger partial charge >= 0.3 is 0 Å². The molecule has 0 saturated heterocycles. The van der Waals surface area contributed by atoms with Crippen LogP contribution in [0.1, 0.15) is 5.82 Å². The molecule has 92 valence electrons. The normalized spacial score (nSPS) is 13.1. The highest BCUT2D eigenvalue weighted by Gasteiger charge is 2.07. The highest BCUT2D eigenvalue weighted by molar-refractivity contribution is 5.75. The van der Waals surface area contributed by atoms with Gasteiger partial charge in [-0.3, -0.25) is 0 Å². The molecule has 0 bridgehead atoms. The average molecular weight is 235 g/mol. The first-order chi connectivity index (χ1) is 8.22. The minimum Gasteiger partial charge on any atom is -0.394 e. The Labute approximate surface area is 99.7 Å². The van der Waals surface area contributed by atoms with E-state index in [0.29, 0.717) is 13.1 Å². The highest BCUT2D eigenvalue weighted by atomic mass is 16.3. The Bertz CT molecular complexity index is 495. The molecule has 0 radical (unpaired) electrons. The van der Waals surface area contributed by atoms with Gasteiger partial charge in [0.15, 0.2) is 0 Å². The minimum absolute atomic E-state index is 0.227. The smallest absolute Gasteiger partial charge is 0.123 e. The number of nitrogens with one attached hydrogen (secondary N) is 1. The number of aryl methyl sites for hydroxylation is 1. The Morgan fingerprint density at radius 2 is 2.18 bits per heavy atom. The van der Waals surface area contributed by atoms with Gasteiger partial charge in [0.2, 0.25) is 0 Å². The van der Waals surface area contributed by atoms with Crippen molar-refractivity contribution < 1.29 is 10.2 Å². The third-order valence-corrected chi connectivity index (χ3v) is 2.75. The van der Waals surface area contributed by atoms with Gasteiger partial charge in [0, 0.05) is 13.6 Å². The van der Waals surface area contributed by atoms with Crippen LogP contribution in [0.25, 0.3) is 11.0 Å². The fourth-order valence-corrected chi connectivity index (χ4v) is 1.77. The summed E-state index contributed by atoms with van der Waals surface area (Å²) in [6.45, 7) is 0.706. The molecule has 5 heteroatoms. The van der Waals surface area contributed by atoms with Gasteiger partial charge in [0.1, 0.15) is 5.82 Å². The summed E-state index contributed by atoms with van der Waals surface area (Å²) >= 11 is 0. The molecule has 2 rings (SSSR count). The van der Waals surface area contributed by atoms with Crippen LogP contribution < -0.4 is 5.32 Å². The zero-order chi connectivity index (χ0) is 12.3. The number of fused-ring (bicyclic) bond motifs is 1. The van der Waals surface area contributed by atoms with Crippen molar-refractivity contribution in [3.05, 3.63) is 30.1 Å². The molecule has 2 aromatic rings. The molecule has 1 aromatic heterocycles. The van der Waals surface area contributed by atoms with Crippen LogP contribution >= 0.6 is 0 Å². The first-order valence-corrected chi connectivity index (χ1v) is 5.62. The van der Waals surface area contributed by atoms with Crippen molar-refractivity contribution >= 4 is 11.0 Å². The number of aliphatic hydroxyl groups is 2. The van der Waals surface area contributed by atoms with Gasteiger partial charge in [-0.25, -0.2) is 4.98 Å². The number of nitrogens with zero attached hydrogens (tertiary/aromatic N) is 2. The fraction of sp³-hybridized carbons (Fsp3) is 0.417. The SMILES string of the molecule is Cn1c(CNCC(O)CO)nc2ccccc21. The van der Waals surface area contributed by atoms with E-state index in [0.717, 1.165) is 16.9 Å². The predicted octanol–water partition coefficient (Wildman–Crippen LogP) is 0.0161. The molecule has 0 aliphatic heterocycles. The van der Waals surface area contributed by atoms with Crippen molar-refractivity contribution in [1.82, 2.24) is 14.9 Å². The zero-order valence-electron chi connectivity index (χ0n) is 9.80. The maximum atomic E-state index is 9.21. The van der Waals surface area contributed by atoms with E-state index in [1.54, 1.807) is 0 Å². The largest absolute Gasteiger partial charge is 0.394 e. The van der Waals surface area contributed by atoms with E-state index < -0.39 is 6.10 Å². The zero-order valence-corrected chi connectivity index (χ0v) is 9.80. The van der Waals surface area contributed by atoms with Crippen molar-refractivity contribution in [2.45, 2.75) is 12.6 Å². The molecule has 0 spiro atoms. The minimum atomic E-state index is -0.718. The lowest BCUT2D eigenvalue weighted by Gasteiger charge is -2.08. The molecular weight excluding hydrogens is 218 g/mol. The quantitative estimate of drug-likeness (QED) is 0.683. The molecule has 1 aromatic carbocycles. The first-order valence-electron chi connectivity index (χ1n) is 5.62. The van der Waals surface area contributed by atoms with Crippen molar-refractivity contribution in [2.75, 3.05) is 13.2 Å². The number of imidazole rings is 1. The van der Waals surface area contributed by atoms with E-state index in [4.69, 9.17) is 5.11 Å². The van der Waals surface area contributed by atoms with E-state index in [1.807, 2.05) is 35.9 Å². The number of para-hydroxylation sites is 2. The van der Waals surface area contributed by atoms with Gasteiger partial charge in [-0.05, 0) is 12.1 Å². The van der Waals surface area contributed by atoms with Crippen LogP contribution in [0.4, 0.5) is 0 Å². The van der Waals surface area contributed by atoms with Gasteiger partial charge in [0.05, 0.1) is 30.3 Å². The molecule has 3 N–H and O–H groups in total. The van der Waals surface area contributed by atoms with Crippen molar-refractivity contribution in [1.29, 1.82) is 0 Å². The molecule has 0 fully saturated rings. The Balaban J connectivity index is 2.06. The maximum absolute atomic E-state index is 9.21. The van der Waals surface area contributed by atoms with Crippen molar-refractivity contribution in [3.63, 3.8) is 0 Å². The lowest BCUT2D eigenvalue weighted by atomic mass is 10.3. The summed E-state index contributed by atoms with van der Waals surface area (Å²) in [4.78, 5) is 4.49. The number of hydrogen-bond acceptors (Lipinski definition) is 4. The van der Waals surface area contributed by atoms with E-state index in [9.17, 15) is 5.11 Å². The van der Waals surface area contributed by atoms with E-state index in [1.165, 1.54) is 0 Å².